The van der Waals surface area contributed by atoms with Gasteiger partial charge >= 0.3 is 0 Å². The Kier molecular flexibility index (Phi) is 9.17. The molecule has 168 valence electrons. The summed E-state index contributed by atoms with van der Waals surface area (Å²) in [5, 5.41) is 7.02. The maximum atomic E-state index is 5.74. The van der Waals surface area contributed by atoms with Gasteiger partial charge in [0.05, 0.1) is 19.8 Å². The number of hydrogen-bond donors (Lipinski definition) is 2. The first-order valence-corrected chi connectivity index (χ1v) is 11.1. The van der Waals surface area contributed by atoms with Gasteiger partial charge in [0.15, 0.2) is 5.96 Å². The van der Waals surface area contributed by atoms with Crippen molar-refractivity contribution < 1.29 is 14.2 Å². The number of nitrogens with zero attached hydrogens (tertiary/aromatic N) is 3. The molecule has 2 N–H and O–H groups in total. The molecule has 2 aliphatic rings. The molecule has 1 aromatic rings. The highest BCUT2D eigenvalue weighted by atomic mass is 16.5. The largest absolute Gasteiger partial charge is 0.475 e. The maximum absolute atomic E-state index is 5.74. The molecule has 2 heterocycles. The molecule has 30 heavy (non-hydrogen) atoms. The van der Waals surface area contributed by atoms with Crippen LogP contribution < -0.4 is 15.4 Å². The maximum Gasteiger partial charge on any atom is 0.218 e. The molecule has 1 saturated heterocycles. The highest BCUT2D eigenvalue weighted by Gasteiger charge is 2.38. The third-order valence-electron chi connectivity index (χ3n) is 6.10. The van der Waals surface area contributed by atoms with E-state index in [0.29, 0.717) is 25.6 Å². The fourth-order valence-electron chi connectivity index (χ4n) is 4.41. The molecule has 0 bridgehead atoms. The molecule has 0 radical (unpaired) electrons. The Balaban J connectivity index is 1.56. The quantitative estimate of drug-likeness (QED) is 0.359. The normalized spacial score (nSPS) is 20.0. The van der Waals surface area contributed by atoms with Crippen molar-refractivity contribution in [1.82, 2.24) is 20.5 Å². The van der Waals surface area contributed by atoms with E-state index in [1.54, 1.807) is 13.3 Å². The molecule has 0 aromatic carbocycles. The molecule has 1 aliphatic carbocycles. The monoisotopic (exact) mass is 419 g/mol. The van der Waals surface area contributed by atoms with Crippen LogP contribution in [0.5, 0.6) is 5.88 Å². The van der Waals surface area contributed by atoms with Gasteiger partial charge in [0, 0.05) is 57.6 Å². The van der Waals surface area contributed by atoms with Gasteiger partial charge in [0.1, 0.15) is 6.61 Å². The number of aliphatic imine (C=N–C) groups is 1. The fourth-order valence-corrected chi connectivity index (χ4v) is 4.41. The number of nitrogens with one attached hydrogen (secondary N) is 2. The molecule has 1 aromatic heterocycles. The first kappa shape index (κ1) is 22.8. The number of rotatable bonds is 9. The number of guanidine groups is 1. The number of pyridine rings is 1. The molecule has 0 atom stereocenters. The van der Waals surface area contributed by atoms with Crippen LogP contribution in [0.3, 0.4) is 0 Å². The highest BCUT2D eigenvalue weighted by Crippen LogP contribution is 2.33. The van der Waals surface area contributed by atoms with Crippen LogP contribution in [0.1, 0.15) is 37.7 Å². The van der Waals surface area contributed by atoms with Gasteiger partial charge in [-0.2, -0.15) is 0 Å². The van der Waals surface area contributed by atoms with Crippen molar-refractivity contribution >= 4 is 5.96 Å². The summed E-state index contributed by atoms with van der Waals surface area (Å²) in [5.74, 6) is 1.44. The fraction of sp³-hybridized carbons (Fsp3) is 0.727. The molecule has 8 heteroatoms. The molecule has 8 nitrogen and oxygen atoms in total. The zero-order valence-electron chi connectivity index (χ0n) is 18.5. The van der Waals surface area contributed by atoms with Crippen LogP contribution in [0.25, 0.3) is 0 Å². The second kappa shape index (κ2) is 12.1. The molecular weight excluding hydrogens is 382 g/mol. The van der Waals surface area contributed by atoms with Crippen molar-refractivity contribution in [3.05, 3.63) is 23.9 Å². The Labute approximate surface area is 180 Å². The van der Waals surface area contributed by atoms with E-state index in [-0.39, 0.29) is 5.54 Å². The lowest BCUT2D eigenvalue weighted by Gasteiger charge is -2.48. The van der Waals surface area contributed by atoms with Gasteiger partial charge < -0.3 is 24.8 Å². The Hall–Kier alpha value is -1.90. The molecule has 0 amide bonds. The zero-order valence-corrected chi connectivity index (χ0v) is 18.5. The first-order valence-electron chi connectivity index (χ1n) is 11.1. The van der Waals surface area contributed by atoms with E-state index in [0.717, 1.165) is 44.4 Å². The van der Waals surface area contributed by atoms with Gasteiger partial charge in [-0.25, -0.2) is 4.98 Å². The minimum atomic E-state index is 0.197. The summed E-state index contributed by atoms with van der Waals surface area (Å²) < 4.78 is 16.4. The summed E-state index contributed by atoms with van der Waals surface area (Å²) in [7, 11) is 3.48. The summed E-state index contributed by atoms with van der Waals surface area (Å²) in [6.45, 7) is 6.23. The lowest BCUT2D eigenvalue weighted by atomic mass is 9.80. The summed E-state index contributed by atoms with van der Waals surface area (Å²) in [6.07, 6.45) is 8.14. The third kappa shape index (κ3) is 6.30. The van der Waals surface area contributed by atoms with Crippen LogP contribution in [0.15, 0.2) is 23.3 Å². The van der Waals surface area contributed by atoms with Crippen LogP contribution in [0.4, 0.5) is 0 Å². The van der Waals surface area contributed by atoms with Gasteiger partial charge in [-0.1, -0.05) is 25.3 Å². The zero-order chi connectivity index (χ0) is 21.1. The van der Waals surface area contributed by atoms with Crippen molar-refractivity contribution in [2.75, 3.05) is 60.2 Å². The van der Waals surface area contributed by atoms with Gasteiger partial charge in [-0.05, 0) is 18.9 Å². The van der Waals surface area contributed by atoms with Gasteiger partial charge in [0.2, 0.25) is 5.88 Å². The molecule has 1 saturated carbocycles. The van der Waals surface area contributed by atoms with Crippen molar-refractivity contribution in [2.24, 2.45) is 4.99 Å². The van der Waals surface area contributed by atoms with Crippen LogP contribution in [0.2, 0.25) is 0 Å². The number of aromatic nitrogens is 1. The predicted octanol–water partition coefficient (Wildman–Crippen LogP) is 1.81. The number of hydrogen-bond acceptors (Lipinski definition) is 6. The van der Waals surface area contributed by atoms with Crippen LogP contribution in [-0.4, -0.2) is 81.6 Å². The predicted molar refractivity (Wildman–Crippen MR) is 118 cm³/mol. The van der Waals surface area contributed by atoms with E-state index in [4.69, 9.17) is 14.2 Å². The van der Waals surface area contributed by atoms with Crippen LogP contribution in [-0.2, 0) is 16.0 Å². The van der Waals surface area contributed by atoms with E-state index >= 15 is 0 Å². The van der Waals surface area contributed by atoms with Crippen LogP contribution >= 0.6 is 0 Å². The summed E-state index contributed by atoms with van der Waals surface area (Å²) in [5.41, 5.74) is 1.19. The second-order valence-corrected chi connectivity index (χ2v) is 7.97. The van der Waals surface area contributed by atoms with E-state index in [1.807, 2.05) is 19.2 Å². The van der Waals surface area contributed by atoms with Crippen LogP contribution in [0, 0.1) is 0 Å². The smallest absolute Gasteiger partial charge is 0.218 e. The number of ether oxygens (including phenoxy) is 3. The van der Waals surface area contributed by atoms with Crippen molar-refractivity contribution in [3.63, 3.8) is 0 Å². The minimum Gasteiger partial charge on any atom is -0.475 e. The van der Waals surface area contributed by atoms with E-state index in [2.05, 4.69) is 25.5 Å². The van der Waals surface area contributed by atoms with E-state index in [9.17, 15) is 0 Å². The SMILES string of the molecule is CN=C(NCc1cccnc1OCCOC)NCC1(N2CCOCC2)CCCCC1. The topological polar surface area (TPSA) is 80.2 Å². The Morgan fingerprint density at radius 1 is 1.20 bits per heavy atom. The third-order valence-corrected chi connectivity index (χ3v) is 6.10. The second-order valence-electron chi connectivity index (χ2n) is 7.97. The minimum absolute atomic E-state index is 0.197. The summed E-state index contributed by atoms with van der Waals surface area (Å²) in [4.78, 5) is 11.4. The van der Waals surface area contributed by atoms with Crippen molar-refractivity contribution in [2.45, 2.75) is 44.2 Å². The Morgan fingerprint density at radius 3 is 2.73 bits per heavy atom. The van der Waals surface area contributed by atoms with Gasteiger partial charge in [-0.3, -0.25) is 9.89 Å². The summed E-state index contributed by atoms with van der Waals surface area (Å²) >= 11 is 0. The average molecular weight is 420 g/mol. The highest BCUT2D eigenvalue weighted by molar-refractivity contribution is 5.79. The molecule has 0 unspecified atom stereocenters. The molecule has 3 rings (SSSR count). The Bertz CT molecular complexity index is 658. The van der Waals surface area contributed by atoms with Gasteiger partial charge in [-0.15, -0.1) is 0 Å². The standard InChI is InChI=1S/C22H37N5O3/c1-23-21(25-17-19-7-6-10-24-20(19)30-16-15-28-2)26-18-22(8-4-3-5-9-22)27-11-13-29-14-12-27/h6-7,10H,3-5,8-9,11-18H2,1-2H3,(H2,23,25,26). The molecular formula is C22H37N5O3. The summed E-state index contributed by atoms with van der Waals surface area (Å²) in [6, 6.07) is 3.94. The van der Waals surface area contributed by atoms with E-state index < -0.39 is 0 Å². The molecule has 2 fully saturated rings. The Morgan fingerprint density at radius 2 is 2.00 bits per heavy atom. The van der Waals surface area contributed by atoms with E-state index in [1.165, 1.54) is 32.1 Å². The lowest BCUT2D eigenvalue weighted by molar-refractivity contribution is -0.0352. The van der Waals surface area contributed by atoms with Gasteiger partial charge in [0.25, 0.3) is 0 Å². The molecule has 0 spiro atoms. The van der Waals surface area contributed by atoms with Crippen molar-refractivity contribution in [3.8, 4) is 5.88 Å². The van der Waals surface area contributed by atoms with Crippen molar-refractivity contribution in [1.29, 1.82) is 0 Å². The number of morpholine rings is 1. The molecule has 1 aliphatic heterocycles. The first-order chi connectivity index (χ1) is 14.8. The average Bonchev–Trinajstić information content (AvgIpc) is 2.81. The lowest BCUT2D eigenvalue weighted by Crippen LogP contribution is -2.60. The number of methoxy groups -OCH3 is 1.